The average Bonchev–Trinajstić information content (AvgIpc) is 3.30. The quantitative estimate of drug-likeness (QED) is 0.902. The number of ether oxygens (including phenoxy) is 1. The molecule has 2 bridgehead atoms. The van der Waals surface area contributed by atoms with Crippen LogP contribution in [0.4, 0.5) is 9.18 Å². The number of amides is 2. The topological polar surface area (TPSA) is 68.2 Å². The lowest BCUT2D eigenvalue weighted by atomic mass is 9.96. The van der Waals surface area contributed by atoms with Crippen molar-refractivity contribution in [2.24, 2.45) is 0 Å². The normalized spacial score (nSPS) is 25.0. The van der Waals surface area contributed by atoms with Gasteiger partial charge in [0.05, 0.1) is 30.3 Å². The molecule has 2 aliphatic heterocycles. The summed E-state index contributed by atoms with van der Waals surface area (Å²) >= 11 is 0. The second-order valence-electron chi connectivity index (χ2n) is 6.30. The number of imidazole rings is 1. The minimum absolute atomic E-state index is 0.0871. The van der Waals surface area contributed by atoms with Crippen LogP contribution >= 0.6 is 0 Å². The SMILES string of the molecule is O=C(NCc1ccc(-n2ccnc2)c(F)c1)N[C@@H]1C[C@H]2CC[C@@H]1O2. The Morgan fingerprint density at radius 1 is 1.42 bits per heavy atom. The summed E-state index contributed by atoms with van der Waals surface area (Å²) in [7, 11) is 0. The molecule has 0 aliphatic carbocycles. The van der Waals surface area contributed by atoms with Gasteiger partial charge in [-0.15, -0.1) is 0 Å². The number of nitrogens with zero attached hydrogens (tertiary/aromatic N) is 2. The molecule has 2 aromatic rings. The van der Waals surface area contributed by atoms with Crippen molar-refractivity contribution in [2.75, 3.05) is 0 Å². The van der Waals surface area contributed by atoms with Crippen molar-refractivity contribution in [3.63, 3.8) is 0 Å². The van der Waals surface area contributed by atoms with Gasteiger partial charge in [0, 0.05) is 18.9 Å². The number of fused-ring (bicyclic) bond motifs is 2. The number of hydrogen-bond donors (Lipinski definition) is 2. The van der Waals surface area contributed by atoms with E-state index in [9.17, 15) is 9.18 Å². The summed E-state index contributed by atoms with van der Waals surface area (Å²) in [5, 5.41) is 5.72. The third-order valence-corrected chi connectivity index (χ3v) is 4.67. The summed E-state index contributed by atoms with van der Waals surface area (Å²) in [4.78, 5) is 15.9. The molecule has 2 N–H and O–H groups in total. The first-order valence-corrected chi connectivity index (χ1v) is 8.15. The average molecular weight is 330 g/mol. The number of benzene rings is 1. The first-order chi connectivity index (χ1) is 11.7. The zero-order chi connectivity index (χ0) is 16.5. The van der Waals surface area contributed by atoms with E-state index in [0.29, 0.717) is 17.4 Å². The highest BCUT2D eigenvalue weighted by molar-refractivity contribution is 5.74. The first-order valence-electron chi connectivity index (χ1n) is 8.15. The van der Waals surface area contributed by atoms with E-state index in [1.165, 1.54) is 6.07 Å². The lowest BCUT2D eigenvalue weighted by molar-refractivity contribution is 0.0981. The lowest BCUT2D eigenvalue weighted by Crippen LogP contribution is -2.46. The van der Waals surface area contributed by atoms with Gasteiger partial charge in [0.1, 0.15) is 5.82 Å². The van der Waals surface area contributed by atoms with E-state index in [1.54, 1.807) is 35.4 Å². The van der Waals surface area contributed by atoms with Crippen LogP contribution in [0, 0.1) is 5.82 Å². The summed E-state index contributed by atoms with van der Waals surface area (Å²) in [6.07, 6.45) is 8.24. The Labute approximate surface area is 139 Å². The Bertz CT molecular complexity index is 734. The van der Waals surface area contributed by atoms with E-state index in [-0.39, 0.29) is 30.5 Å². The zero-order valence-electron chi connectivity index (χ0n) is 13.1. The maximum atomic E-state index is 14.2. The van der Waals surface area contributed by atoms with Crippen LogP contribution in [0.3, 0.4) is 0 Å². The van der Waals surface area contributed by atoms with Crippen molar-refractivity contribution >= 4 is 6.03 Å². The standard InChI is InChI=1S/C17H19FN4O2/c18-13-7-11(1-3-15(13)22-6-5-19-10-22)9-20-17(23)21-14-8-12-2-4-16(14)24-12/h1,3,5-7,10,12,14,16H,2,4,8-9H2,(H2,20,21,23)/t12-,14-,16+/m1/s1. The largest absolute Gasteiger partial charge is 0.373 e. The minimum Gasteiger partial charge on any atom is -0.373 e. The van der Waals surface area contributed by atoms with Crippen molar-refractivity contribution < 1.29 is 13.9 Å². The van der Waals surface area contributed by atoms with Crippen molar-refractivity contribution in [1.29, 1.82) is 0 Å². The van der Waals surface area contributed by atoms with Crippen molar-refractivity contribution in [1.82, 2.24) is 20.2 Å². The van der Waals surface area contributed by atoms with Gasteiger partial charge in [-0.1, -0.05) is 6.07 Å². The van der Waals surface area contributed by atoms with Crippen LogP contribution in [-0.2, 0) is 11.3 Å². The van der Waals surface area contributed by atoms with Crippen LogP contribution in [0.1, 0.15) is 24.8 Å². The molecule has 3 heterocycles. The van der Waals surface area contributed by atoms with Gasteiger partial charge in [-0.3, -0.25) is 0 Å². The maximum Gasteiger partial charge on any atom is 0.315 e. The van der Waals surface area contributed by atoms with Crippen LogP contribution in [0.5, 0.6) is 0 Å². The van der Waals surface area contributed by atoms with E-state index in [4.69, 9.17) is 4.74 Å². The number of carbonyl (C=O) groups is 1. The highest BCUT2D eigenvalue weighted by Crippen LogP contribution is 2.34. The van der Waals surface area contributed by atoms with Crippen LogP contribution in [0.15, 0.2) is 36.9 Å². The van der Waals surface area contributed by atoms with Crippen LogP contribution in [0.25, 0.3) is 5.69 Å². The first kappa shape index (κ1) is 15.1. The molecule has 2 saturated heterocycles. The molecule has 0 spiro atoms. The lowest BCUT2D eigenvalue weighted by Gasteiger charge is -2.20. The summed E-state index contributed by atoms with van der Waals surface area (Å²) < 4.78 is 21.5. The minimum atomic E-state index is -0.353. The molecule has 4 rings (SSSR count). The number of rotatable bonds is 4. The van der Waals surface area contributed by atoms with Crippen LogP contribution < -0.4 is 10.6 Å². The third kappa shape index (κ3) is 2.99. The molecule has 126 valence electrons. The number of nitrogens with one attached hydrogen (secondary N) is 2. The molecule has 6 nitrogen and oxygen atoms in total. The van der Waals surface area contributed by atoms with Crippen molar-refractivity contribution in [3.8, 4) is 5.69 Å². The highest BCUT2D eigenvalue weighted by Gasteiger charge is 2.41. The molecule has 2 amide bonds. The second kappa shape index (κ2) is 6.24. The molecule has 24 heavy (non-hydrogen) atoms. The summed E-state index contributed by atoms with van der Waals surface area (Å²) in [6, 6.07) is 4.74. The van der Waals surface area contributed by atoms with Crippen LogP contribution in [0.2, 0.25) is 0 Å². The molecule has 0 unspecified atom stereocenters. The molecule has 2 fully saturated rings. The Hall–Kier alpha value is -2.41. The predicted molar refractivity (Wildman–Crippen MR) is 85.2 cm³/mol. The Balaban J connectivity index is 1.32. The molecule has 1 aromatic carbocycles. The summed E-state index contributed by atoms with van der Waals surface area (Å²) in [5.41, 5.74) is 1.13. The van der Waals surface area contributed by atoms with Gasteiger partial charge in [0.25, 0.3) is 0 Å². The molecular weight excluding hydrogens is 311 g/mol. The Morgan fingerprint density at radius 3 is 3.00 bits per heavy atom. The van der Waals surface area contributed by atoms with Crippen molar-refractivity contribution in [3.05, 3.63) is 48.3 Å². The zero-order valence-corrected chi connectivity index (χ0v) is 13.1. The van der Waals surface area contributed by atoms with Gasteiger partial charge in [0.2, 0.25) is 0 Å². The molecular formula is C17H19FN4O2. The number of hydrogen-bond acceptors (Lipinski definition) is 3. The fourth-order valence-corrected chi connectivity index (χ4v) is 3.46. The Morgan fingerprint density at radius 2 is 2.33 bits per heavy atom. The van der Waals surface area contributed by atoms with Gasteiger partial charge in [-0.2, -0.15) is 0 Å². The van der Waals surface area contributed by atoms with E-state index < -0.39 is 0 Å². The van der Waals surface area contributed by atoms with Gasteiger partial charge >= 0.3 is 6.03 Å². The summed E-state index contributed by atoms with van der Waals surface area (Å²) in [5.74, 6) is -0.353. The molecule has 3 atom stereocenters. The van der Waals surface area contributed by atoms with Gasteiger partial charge in [-0.25, -0.2) is 14.2 Å². The summed E-state index contributed by atoms with van der Waals surface area (Å²) in [6.45, 7) is 0.272. The van der Waals surface area contributed by atoms with E-state index in [2.05, 4.69) is 15.6 Å². The monoisotopic (exact) mass is 330 g/mol. The molecule has 1 aromatic heterocycles. The predicted octanol–water partition coefficient (Wildman–Crippen LogP) is 2.13. The van der Waals surface area contributed by atoms with E-state index in [0.717, 1.165) is 19.3 Å². The van der Waals surface area contributed by atoms with Gasteiger partial charge in [-0.05, 0) is 37.0 Å². The number of carbonyl (C=O) groups excluding carboxylic acids is 1. The Kier molecular flexibility index (Phi) is 3.93. The van der Waals surface area contributed by atoms with Crippen LogP contribution in [-0.4, -0.2) is 33.8 Å². The highest BCUT2D eigenvalue weighted by atomic mass is 19.1. The molecule has 2 aliphatic rings. The maximum absolute atomic E-state index is 14.2. The number of urea groups is 1. The van der Waals surface area contributed by atoms with E-state index >= 15 is 0 Å². The fraction of sp³-hybridized carbons (Fsp3) is 0.412. The number of aromatic nitrogens is 2. The van der Waals surface area contributed by atoms with E-state index in [1.807, 2.05) is 0 Å². The number of halogens is 1. The third-order valence-electron chi connectivity index (χ3n) is 4.67. The van der Waals surface area contributed by atoms with Gasteiger partial charge < -0.3 is 19.9 Å². The molecule has 0 saturated carbocycles. The molecule has 7 heteroatoms. The fourth-order valence-electron chi connectivity index (χ4n) is 3.46. The van der Waals surface area contributed by atoms with Gasteiger partial charge in [0.15, 0.2) is 0 Å². The van der Waals surface area contributed by atoms with Crippen molar-refractivity contribution in [2.45, 2.75) is 44.1 Å². The second-order valence-corrected chi connectivity index (χ2v) is 6.30. The smallest absolute Gasteiger partial charge is 0.315 e. The molecule has 0 radical (unpaired) electrons.